The number of ether oxygens (including phenoxy) is 1. The van der Waals surface area contributed by atoms with E-state index in [0.717, 1.165) is 5.56 Å². The lowest BCUT2D eigenvalue weighted by molar-refractivity contribution is -0.119. The van der Waals surface area contributed by atoms with E-state index >= 15 is 0 Å². The third kappa shape index (κ3) is 3.21. The largest absolute Gasteiger partial charge is 0.497 e. The maximum absolute atomic E-state index is 12.5. The molecule has 0 saturated carbocycles. The van der Waals surface area contributed by atoms with Crippen LogP contribution in [0.3, 0.4) is 0 Å². The van der Waals surface area contributed by atoms with Crippen LogP contribution < -0.4 is 15.4 Å². The lowest BCUT2D eigenvalue weighted by atomic mass is 9.85. The number of benzene rings is 1. The number of nitrogens with one attached hydrogen (secondary N) is 2. The summed E-state index contributed by atoms with van der Waals surface area (Å²) in [7, 11) is 1.53. The fourth-order valence-electron chi connectivity index (χ4n) is 2.56. The number of aryl methyl sites for hydroxylation is 1. The summed E-state index contributed by atoms with van der Waals surface area (Å²) >= 11 is 0. The minimum absolute atomic E-state index is 0.183. The highest BCUT2D eigenvalue weighted by molar-refractivity contribution is 6.10. The lowest BCUT2D eigenvalue weighted by Crippen LogP contribution is -2.43. The summed E-state index contributed by atoms with van der Waals surface area (Å²) in [6, 6.07) is 2.87. The summed E-state index contributed by atoms with van der Waals surface area (Å²) in [5.41, 5.74) is 1.71. The van der Waals surface area contributed by atoms with Gasteiger partial charge in [-0.25, -0.2) is 0 Å². The van der Waals surface area contributed by atoms with Gasteiger partial charge < -0.3 is 15.4 Å². The molecule has 0 spiro atoms. The van der Waals surface area contributed by atoms with Crippen LogP contribution in [0.25, 0.3) is 0 Å². The molecule has 0 heterocycles. The Kier molecular flexibility index (Phi) is 4.26. The van der Waals surface area contributed by atoms with Crippen LogP contribution in [-0.4, -0.2) is 30.7 Å². The van der Waals surface area contributed by atoms with Crippen molar-refractivity contribution in [3.63, 3.8) is 0 Å². The molecule has 2 amide bonds. The van der Waals surface area contributed by atoms with Crippen molar-refractivity contribution in [2.24, 2.45) is 0 Å². The second-order valence-corrected chi connectivity index (χ2v) is 5.05. The van der Waals surface area contributed by atoms with Crippen LogP contribution in [0.15, 0.2) is 12.1 Å². The molecule has 0 aliphatic heterocycles. The summed E-state index contributed by atoms with van der Waals surface area (Å²) in [5, 5.41) is 5.31. The molecule has 0 saturated heterocycles. The van der Waals surface area contributed by atoms with Gasteiger partial charge in [0.2, 0.25) is 11.8 Å². The van der Waals surface area contributed by atoms with Gasteiger partial charge >= 0.3 is 0 Å². The molecule has 1 aromatic rings. The SMILES string of the molecule is COc1cc2c(c(NC(C)=O)c1)C(=O)C(NC(C)=O)CC2. The Morgan fingerprint density at radius 3 is 2.52 bits per heavy atom. The molecule has 2 N–H and O–H groups in total. The zero-order chi connectivity index (χ0) is 15.6. The van der Waals surface area contributed by atoms with Gasteiger partial charge in [-0.2, -0.15) is 0 Å². The van der Waals surface area contributed by atoms with Crippen molar-refractivity contribution in [2.45, 2.75) is 32.7 Å². The molecule has 1 unspecified atom stereocenters. The average molecular weight is 290 g/mol. The number of fused-ring (bicyclic) bond motifs is 1. The first-order chi connectivity index (χ1) is 9.92. The van der Waals surface area contributed by atoms with Crippen LogP contribution in [-0.2, 0) is 16.0 Å². The van der Waals surface area contributed by atoms with E-state index in [4.69, 9.17) is 4.74 Å². The van der Waals surface area contributed by atoms with Gasteiger partial charge in [-0.3, -0.25) is 14.4 Å². The van der Waals surface area contributed by atoms with E-state index in [9.17, 15) is 14.4 Å². The molecule has 112 valence electrons. The van der Waals surface area contributed by atoms with Crippen LogP contribution in [0.1, 0.15) is 36.2 Å². The van der Waals surface area contributed by atoms with E-state index in [1.165, 1.54) is 21.0 Å². The van der Waals surface area contributed by atoms with Crippen molar-refractivity contribution < 1.29 is 19.1 Å². The van der Waals surface area contributed by atoms with Crippen molar-refractivity contribution in [3.8, 4) is 5.75 Å². The lowest BCUT2D eigenvalue weighted by Gasteiger charge is -2.26. The van der Waals surface area contributed by atoms with E-state index < -0.39 is 6.04 Å². The minimum Gasteiger partial charge on any atom is -0.497 e. The molecular formula is C15H18N2O4. The topological polar surface area (TPSA) is 84.5 Å². The number of rotatable bonds is 3. The molecule has 1 aromatic carbocycles. The molecule has 0 aromatic heterocycles. The van der Waals surface area contributed by atoms with Gasteiger partial charge in [-0.1, -0.05) is 0 Å². The maximum Gasteiger partial charge on any atom is 0.221 e. The summed E-state index contributed by atoms with van der Waals surface area (Å²) in [5.74, 6) is -0.104. The molecule has 21 heavy (non-hydrogen) atoms. The predicted molar refractivity (Wildman–Crippen MR) is 77.6 cm³/mol. The number of amides is 2. The number of hydrogen-bond donors (Lipinski definition) is 2. The Bertz CT molecular complexity index is 610. The first kappa shape index (κ1) is 15.0. The molecule has 1 atom stereocenters. The fourth-order valence-corrected chi connectivity index (χ4v) is 2.56. The van der Waals surface area contributed by atoms with Gasteiger partial charge in [0.15, 0.2) is 5.78 Å². The van der Waals surface area contributed by atoms with Crippen LogP contribution >= 0.6 is 0 Å². The van der Waals surface area contributed by atoms with Crippen LogP contribution in [0.5, 0.6) is 5.75 Å². The highest BCUT2D eigenvalue weighted by Gasteiger charge is 2.31. The molecule has 2 rings (SSSR count). The average Bonchev–Trinajstić information content (AvgIpc) is 2.40. The first-order valence-corrected chi connectivity index (χ1v) is 6.72. The van der Waals surface area contributed by atoms with Crippen molar-refractivity contribution in [3.05, 3.63) is 23.3 Å². The number of carbonyl (C=O) groups excluding carboxylic acids is 3. The predicted octanol–water partition coefficient (Wildman–Crippen LogP) is 1.29. The molecule has 0 radical (unpaired) electrons. The van der Waals surface area contributed by atoms with Gasteiger partial charge in [-0.05, 0) is 24.5 Å². The van der Waals surface area contributed by atoms with Crippen molar-refractivity contribution in [2.75, 3.05) is 12.4 Å². The summed E-state index contributed by atoms with van der Waals surface area (Å²) < 4.78 is 5.20. The molecule has 6 nitrogen and oxygen atoms in total. The quantitative estimate of drug-likeness (QED) is 0.878. The van der Waals surface area contributed by atoms with E-state index in [0.29, 0.717) is 29.8 Å². The first-order valence-electron chi connectivity index (χ1n) is 6.72. The Morgan fingerprint density at radius 1 is 1.24 bits per heavy atom. The number of Topliss-reactive ketones (excluding diaryl/α,β-unsaturated/α-hetero) is 1. The second kappa shape index (κ2) is 5.95. The maximum atomic E-state index is 12.5. The monoisotopic (exact) mass is 290 g/mol. The van der Waals surface area contributed by atoms with Gasteiger partial charge in [0.05, 0.1) is 18.8 Å². The van der Waals surface area contributed by atoms with Crippen LogP contribution in [0.2, 0.25) is 0 Å². The molecule has 1 aliphatic carbocycles. The molecule has 1 aliphatic rings. The summed E-state index contributed by atoms with van der Waals surface area (Å²) in [4.78, 5) is 35.1. The van der Waals surface area contributed by atoms with E-state index in [1.807, 2.05) is 0 Å². The summed E-state index contributed by atoms with van der Waals surface area (Å²) in [6.07, 6.45) is 1.17. The molecule has 0 bridgehead atoms. The van der Waals surface area contributed by atoms with Gasteiger partial charge in [0, 0.05) is 25.5 Å². The number of carbonyl (C=O) groups is 3. The highest BCUT2D eigenvalue weighted by atomic mass is 16.5. The Morgan fingerprint density at radius 2 is 1.95 bits per heavy atom. The molecule has 6 heteroatoms. The van der Waals surface area contributed by atoms with Gasteiger partial charge in [0.1, 0.15) is 5.75 Å². The number of methoxy groups -OCH3 is 1. The van der Waals surface area contributed by atoms with E-state index in [1.54, 1.807) is 12.1 Å². The Labute approximate surface area is 122 Å². The standard InChI is InChI=1S/C15H18N2O4/c1-8(18)16-12-5-4-10-6-11(21-3)7-13(17-9(2)19)14(10)15(12)20/h6-7,12H,4-5H2,1-3H3,(H,16,18)(H,17,19). The second-order valence-electron chi connectivity index (χ2n) is 5.05. The van der Waals surface area contributed by atoms with Crippen molar-refractivity contribution in [1.82, 2.24) is 5.32 Å². The van der Waals surface area contributed by atoms with E-state index in [-0.39, 0.29) is 17.6 Å². The van der Waals surface area contributed by atoms with Crippen LogP contribution in [0, 0.1) is 0 Å². The normalized spacial score (nSPS) is 16.9. The minimum atomic E-state index is -0.545. The summed E-state index contributed by atoms with van der Waals surface area (Å²) in [6.45, 7) is 2.76. The zero-order valence-electron chi connectivity index (χ0n) is 12.3. The Balaban J connectivity index is 2.46. The zero-order valence-corrected chi connectivity index (χ0v) is 12.3. The van der Waals surface area contributed by atoms with Crippen molar-refractivity contribution >= 4 is 23.3 Å². The number of ketones is 1. The van der Waals surface area contributed by atoms with Gasteiger partial charge in [0.25, 0.3) is 0 Å². The molecular weight excluding hydrogens is 272 g/mol. The van der Waals surface area contributed by atoms with Gasteiger partial charge in [-0.15, -0.1) is 0 Å². The third-order valence-corrected chi connectivity index (χ3v) is 3.38. The smallest absolute Gasteiger partial charge is 0.221 e. The molecule has 0 fully saturated rings. The highest BCUT2D eigenvalue weighted by Crippen LogP contribution is 2.32. The van der Waals surface area contributed by atoms with E-state index in [2.05, 4.69) is 10.6 Å². The fraction of sp³-hybridized carbons (Fsp3) is 0.400. The Hall–Kier alpha value is -2.37. The number of anilines is 1. The third-order valence-electron chi connectivity index (χ3n) is 3.38. The van der Waals surface area contributed by atoms with Crippen molar-refractivity contribution in [1.29, 1.82) is 0 Å². The van der Waals surface area contributed by atoms with Crippen LogP contribution in [0.4, 0.5) is 5.69 Å². The number of hydrogen-bond acceptors (Lipinski definition) is 4.